The summed E-state index contributed by atoms with van der Waals surface area (Å²) in [7, 11) is 0. The molecule has 0 spiro atoms. The first-order valence-corrected chi connectivity index (χ1v) is 11.3. The molecular weight excluding hydrogens is 472 g/mol. The molecule has 4 rings (SSSR count). The number of amides is 1. The molecule has 188 valence electrons. The second-order valence-electron chi connectivity index (χ2n) is 8.79. The van der Waals surface area contributed by atoms with Crippen molar-refractivity contribution >= 4 is 5.91 Å². The fourth-order valence-corrected chi connectivity index (χ4v) is 4.47. The van der Waals surface area contributed by atoms with Crippen LogP contribution in [0.4, 0.5) is 26.3 Å². The van der Waals surface area contributed by atoms with Crippen LogP contribution >= 0.6 is 0 Å². The van der Waals surface area contributed by atoms with Crippen molar-refractivity contribution < 1.29 is 31.1 Å². The molecule has 0 saturated heterocycles. The summed E-state index contributed by atoms with van der Waals surface area (Å²) in [5, 5.41) is 2.50. The van der Waals surface area contributed by atoms with Gasteiger partial charge in [-0.1, -0.05) is 36.4 Å². The third-order valence-corrected chi connectivity index (χ3v) is 6.35. The highest BCUT2D eigenvalue weighted by molar-refractivity contribution is 5.84. The number of rotatable bonds is 6. The number of carbonyl (C=O) groups excluding carboxylic acids is 1. The predicted octanol–water partition coefficient (Wildman–Crippen LogP) is 4.64. The lowest BCUT2D eigenvalue weighted by Crippen LogP contribution is -2.46. The first-order valence-electron chi connectivity index (χ1n) is 11.3. The minimum atomic E-state index is -4.93. The van der Waals surface area contributed by atoms with Gasteiger partial charge in [0, 0.05) is 39.3 Å². The minimum absolute atomic E-state index is 0.0752. The number of benzene rings is 2. The van der Waals surface area contributed by atoms with Gasteiger partial charge in [0.15, 0.2) is 0 Å². The van der Waals surface area contributed by atoms with Crippen LogP contribution in [0.25, 0.3) is 0 Å². The molecule has 1 amide bonds. The zero-order valence-corrected chi connectivity index (χ0v) is 18.8. The Balaban J connectivity index is 1.35. The molecule has 35 heavy (non-hydrogen) atoms. The van der Waals surface area contributed by atoms with E-state index in [0.717, 1.165) is 26.1 Å². The lowest BCUT2D eigenvalue weighted by molar-refractivity contribution is -0.143. The highest BCUT2D eigenvalue weighted by atomic mass is 19.4. The van der Waals surface area contributed by atoms with Crippen LogP contribution in [-0.2, 0) is 36.7 Å². The molecule has 2 aromatic rings. The minimum Gasteiger partial charge on any atom is -0.350 e. The smallest absolute Gasteiger partial charge is 0.350 e. The van der Waals surface area contributed by atoms with Crippen molar-refractivity contribution in [2.75, 3.05) is 26.2 Å². The summed E-state index contributed by atoms with van der Waals surface area (Å²) in [6, 6.07) is 8.97. The van der Waals surface area contributed by atoms with E-state index in [4.69, 9.17) is 0 Å². The summed E-state index contributed by atoms with van der Waals surface area (Å²) in [6.45, 7) is 3.19. The Morgan fingerprint density at radius 1 is 0.943 bits per heavy atom. The Hall–Kier alpha value is -2.85. The third-order valence-electron chi connectivity index (χ3n) is 6.35. The van der Waals surface area contributed by atoms with Crippen LogP contribution in [0, 0.1) is 0 Å². The average Bonchev–Trinajstić information content (AvgIpc) is 3.28. The average molecular weight is 497 g/mol. The Morgan fingerprint density at radius 3 is 2.26 bits per heavy atom. The fraction of sp³-hybridized carbons (Fsp3) is 0.400. The van der Waals surface area contributed by atoms with Gasteiger partial charge in [0.2, 0.25) is 5.91 Å². The van der Waals surface area contributed by atoms with Crippen molar-refractivity contribution in [1.29, 1.82) is 0 Å². The van der Waals surface area contributed by atoms with Crippen molar-refractivity contribution in [3.8, 4) is 0 Å². The van der Waals surface area contributed by atoms with Crippen molar-refractivity contribution in [3.63, 3.8) is 0 Å². The number of halogens is 6. The van der Waals surface area contributed by atoms with Crippen molar-refractivity contribution in [1.82, 2.24) is 15.1 Å². The molecule has 2 heterocycles. The van der Waals surface area contributed by atoms with E-state index in [2.05, 4.69) is 22.3 Å². The molecule has 1 atom stereocenters. The van der Waals surface area contributed by atoms with Crippen LogP contribution < -0.4 is 5.32 Å². The van der Waals surface area contributed by atoms with E-state index >= 15 is 0 Å². The largest absolute Gasteiger partial charge is 0.416 e. The zero-order valence-electron chi connectivity index (χ0n) is 18.8. The number of hydrogen-bond donors (Lipinski definition) is 1. The summed E-state index contributed by atoms with van der Waals surface area (Å²) in [6.07, 6.45) is -5.37. The van der Waals surface area contributed by atoms with Gasteiger partial charge in [-0.25, -0.2) is 0 Å². The van der Waals surface area contributed by atoms with Gasteiger partial charge in [0.25, 0.3) is 0 Å². The Bertz CT molecular complexity index is 1060. The molecule has 4 nitrogen and oxygen atoms in total. The van der Waals surface area contributed by atoms with E-state index in [1.165, 1.54) is 11.1 Å². The van der Waals surface area contributed by atoms with Gasteiger partial charge >= 0.3 is 12.4 Å². The number of nitrogens with zero attached hydrogens (tertiary/aromatic N) is 2. The van der Waals surface area contributed by atoms with Gasteiger partial charge < -0.3 is 5.32 Å². The van der Waals surface area contributed by atoms with Crippen LogP contribution in [0.2, 0.25) is 0 Å². The molecule has 2 aliphatic rings. The van der Waals surface area contributed by atoms with Crippen LogP contribution in [0.1, 0.15) is 27.8 Å². The maximum atomic E-state index is 13.1. The van der Waals surface area contributed by atoms with Gasteiger partial charge in [-0.05, 0) is 41.3 Å². The molecule has 2 aliphatic heterocycles. The predicted molar refractivity (Wildman–Crippen MR) is 118 cm³/mol. The van der Waals surface area contributed by atoms with Crippen LogP contribution in [-0.4, -0.2) is 47.9 Å². The molecule has 10 heteroatoms. The van der Waals surface area contributed by atoms with E-state index in [-0.39, 0.29) is 11.6 Å². The number of fused-ring (bicyclic) bond motifs is 1. The fourth-order valence-electron chi connectivity index (χ4n) is 4.47. The Labute approximate surface area is 199 Å². The molecule has 1 N–H and O–H groups in total. The van der Waals surface area contributed by atoms with Gasteiger partial charge in [0.05, 0.1) is 11.1 Å². The second kappa shape index (κ2) is 10.0. The summed E-state index contributed by atoms with van der Waals surface area (Å²) in [5.74, 6) is -0.464. The molecular formula is C25H25F6N3O. The molecule has 0 unspecified atom stereocenters. The maximum Gasteiger partial charge on any atom is 0.416 e. The highest BCUT2D eigenvalue weighted by Crippen LogP contribution is 2.36. The Morgan fingerprint density at radius 2 is 1.60 bits per heavy atom. The number of alkyl halides is 6. The van der Waals surface area contributed by atoms with Crippen LogP contribution in [0.5, 0.6) is 0 Å². The molecule has 0 bridgehead atoms. The van der Waals surface area contributed by atoms with E-state index in [0.29, 0.717) is 25.2 Å². The molecule has 0 saturated carbocycles. The SMILES string of the molecule is O=C(NCc1cc(C(F)(F)F)cc(C(F)(F)F)c1)[C@@H]1C=CCN1CCN1CCc2ccccc2C1. The quantitative estimate of drug-likeness (QED) is 0.467. The molecule has 0 aromatic heterocycles. The van der Waals surface area contributed by atoms with E-state index in [1.807, 2.05) is 23.1 Å². The molecule has 0 fully saturated rings. The van der Waals surface area contributed by atoms with Crippen LogP contribution in [0.15, 0.2) is 54.6 Å². The summed E-state index contributed by atoms with van der Waals surface area (Å²) in [5.41, 5.74) is -0.441. The van der Waals surface area contributed by atoms with Gasteiger partial charge in [-0.3, -0.25) is 14.6 Å². The lowest BCUT2D eigenvalue weighted by Gasteiger charge is -2.31. The third kappa shape index (κ3) is 6.24. The number of carbonyl (C=O) groups is 1. The second-order valence-corrected chi connectivity index (χ2v) is 8.79. The van der Waals surface area contributed by atoms with Gasteiger partial charge in [0.1, 0.15) is 6.04 Å². The normalized spacial score (nSPS) is 19.1. The van der Waals surface area contributed by atoms with Crippen molar-refractivity contribution in [2.24, 2.45) is 0 Å². The summed E-state index contributed by atoms with van der Waals surface area (Å²) in [4.78, 5) is 17.0. The van der Waals surface area contributed by atoms with E-state index in [1.54, 1.807) is 6.08 Å². The first kappa shape index (κ1) is 25.2. The topological polar surface area (TPSA) is 35.6 Å². The lowest BCUT2D eigenvalue weighted by atomic mass is 10.00. The van der Waals surface area contributed by atoms with E-state index in [9.17, 15) is 31.1 Å². The number of hydrogen-bond acceptors (Lipinski definition) is 3. The van der Waals surface area contributed by atoms with Crippen molar-refractivity contribution in [2.45, 2.75) is 37.9 Å². The number of nitrogens with one attached hydrogen (secondary N) is 1. The summed E-state index contributed by atoms with van der Waals surface area (Å²) >= 11 is 0. The molecule has 0 aliphatic carbocycles. The van der Waals surface area contributed by atoms with E-state index < -0.39 is 42.0 Å². The zero-order chi connectivity index (χ0) is 25.2. The van der Waals surface area contributed by atoms with Crippen LogP contribution in [0.3, 0.4) is 0 Å². The maximum absolute atomic E-state index is 13.1. The Kier molecular flexibility index (Phi) is 7.23. The molecule has 2 aromatic carbocycles. The first-order chi connectivity index (χ1) is 16.5. The highest BCUT2D eigenvalue weighted by Gasteiger charge is 2.37. The monoisotopic (exact) mass is 497 g/mol. The van der Waals surface area contributed by atoms with Gasteiger partial charge in [-0.2, -0.15) is 26.3 Å². The van der Waals surface area contributed by atoms with Crippen molar-refractivity contribution in [3.05, 3.63) is 82.4 Å². The van der Waals surface area contributed by atoms with Gasteiger partial charge in [-0.15, -0.1) is 0 Å². The standard InChI is InChI=1S/C25H25F6N3O/c26-24(27,28)20-12-17(13-21(14-20)25(29,30)31)15-32-23(35)22-6-3-8-34(22)11-10-33-9-7-18-4-1-2-5-19(18)16-33/h1-6,12-14,22H,7-11,15-16H2,(H,32,35)/t22-/m0/s1. The summed E-state index contributed by atoms with van der Waals surface area (Å²) < 4.78 is 78.5. The molecule has 0 radical (unpaired) electrons.